The maximum Gasteiger partial charge on any atom is 0.0768 e. The second kappa shape index (κ2) is 5.04. The number of benzene rings is 1. The molecule has 94 valence electrons. The molecule has 0 saturated carbocycles. The van der Waals surface area contributed by atoms with Crippen LogP contribution in [0.2, 0.25) is 0 Å². The van der Waals surface area contributed by atoms with Crippen molar-refractivity contribution in [2.75, 3.05) is 6.61 Å². The van der Waals surface area contributed by atoms with Crippen LogP contribution in [-0.2, 0) is 4.74 Å². The van der Waals surface area contributed by atoms with Gasteiger partial charge in [-0.3, -0.25) is 4.98 Å². The first-order chi connectivity index (χ1) is 8.84. The fourth-order valence-electron chi connectivity index (χ4n) is 2.53. The lowest BCUT2D eigenvalue weighted by molar-refractivity contribution is -0.0000179. The SMILES string of the molecule is NC(c1cnc2ccccc2c1)C1CCCCO1. The molecule has 1 fully saturated rings. The molecule has 3 rings (SSSR count). The first-order valence-electron chi connectivity index (χ1n) is 6.56. The Kier molecular flexibility index (Phi) is 3.26. The van der Waals surface area contributed by atoms with Crippen molar-refractivity contribution >= 4 is 10.9 Å². The van der Waals surface area contributed by atoms with Crippen LogP contribution in [-0.4, -0.2) is 17.7 Å². The van der Waals surface area contributed by atoms with Crippen LogP contribution < -0.4 is 5.73 Å². The molecule has 3 nitrogen and oxygen atoms in total. The Balaban J connectivity index is 1.88. The van der Waals surface area contributed by atoms with Gasteiger partial charge in [0.1, 0.15) is 0 Å². The Morgan fingerprint density at radius 3 is 3.00 bits per heavy atom. The Morgan fingerprint density at radius 1 is 1.28 bits per heavy atom. The summed E-state index contributed by atoms with van der Waals surface area (Å²) in [5.74, 6) is 0. The maximum absolute atomic E-state index is 6.30. The average molecular weight is 242 g/mol. The largest absolute Gasteiger partial charge is 0.376 e. The van der Waals surface area contributed by atoms with Gasteiger partial charge in [0.25, 0.3) is 0 Å². The zero-order valence-corrected chi connectivity index (χ0v) is 10.4. The Morgan fingerprint density at radius 2 is 2.17 bits per heavy atom. The molecule has 0 amide bonds. The van der Waals surface area contributed by atoms with E-state index >= 15 is 0 Å². The summed E-state index contributed by atoms with van der Waals surface area (Å²) in [6.45, 7) is 0.833. The third-order valence-electron chi connectivity index (χ3n) is 3.61. The van der Waals surface area contributed by atoms with Crippen LogP contribution in [0.15, 0.2) is 36.5 Å². The molecule has 3 heteroatoms. The molecule has 2 atom stereocenters. The van der Waals surface area contributed by atoms with E-state index in [1.807, 2.05) is 24.4 Å². The standard InChI is InChI=1S/C15H18N2O/c16-15(14-7-3-4-8-18-14)12-9-11-5-1-2-6-13(11)17-10-12/h1-2,5-6,9-10,14-15H,3-4,7-8,16H2. The van der Waals surface area contributed by atoms with Gasteiger partial charge in [0, 0.05) is 18.2 Å². The van der Waals surface area contributed by atoms with E-state index in [0.29, 0.717) is 0 Å². The number of fused-ring (bicyclic) bond motifs is 1. The van der Waals surface area contributed by atoms with Crippen molar-refractivity contribution in [2.24, 2.45) is 5.73 Å². The van der Waals surface area contributed by atoms with E-state index in [9.17, 15) is 0 Å². The number of hydrogen-bond donors (Lipinski definition) is 1. The number of rotatable bonds is 2. The van der Waals surface area contributed by atoms with Crippen LogP contribution >= 0.6 is 0 Å². The molecule has 2 unspecified atom stereocenters. The van der Waals surface area contributed by atoms with Crippen molar-refractivity contribution in [1.82, 2.24) is 4.98 Å². The van der Waals surface area contributed by atoms with Crippen molar-refractivity contribution < 1.29 is 4.74 Å². The summed E-state index contributed by atoms with van der Waals surface area (Å²) in [4.78, 5) is 4.46. The van der Waals surface area contributed by atoms with Gasteiger partial charge >= 0.3 is 0 Å². The topological polar surface area (TPSA) is 48.1 Å². The van der Waals surface area contributed by atoms with Crippen LogP contribution in [0.1, 0.15) is 30.9 Å². The summed E-state index contributed by atoms with van der Waals surface area (Å²) in [6.07, 6.45) is 5.43. The summed E-state index contributed by atoms with van der Waals surface area (Å²) >= 11 is 0. The molecule has 2 N–H and O–H groups in total. The highest BCUT2D eigenvalue weighted by Crippen LogP contribution is 2.25. The van der Waals surface area contributed by atoms with E-state index in [2.05, 4.69) is 17.1 Å². The minimum absolute atomic E-state index is 0.0672. The summed E-state index contributed by atoms with van der Waals surface area (Å²) in [5, 5.41) is 1.14. The first kappa shape index (κ1) is 11.6. The van der Waals surface area contributed by atoms with Crippen LogP contribution in [0.4, 0.5) is 0 Å². The number of pyridine rings is 1. The quantitative estimate of drug-likeness (QED) is 0.881. The van der Waals surface area contributed by atoms with E-state index in [-0.39, 0.29) is 12.1 Å². The predicted octanol–water partition coefficient (Wildman–Crippen LogP) is 2.80. The number of hydrogen-bond acceptors (Lipinski definition) is 3. The zero-order valence-electron chi connectivity index (χ0n) is 10.4. The highest BCUT2D eigenvalue weighted by molar-refractivity contribution is 5.78. The van der Waals surface area contributed by atoms with Crippen molar-refractivity contribution in [3.8, 4) is 0 Å². The second-order valence-electron chi connectivity index (χ2n) is 4.89. The maximum atomic E-state index is 6.30. The van der Waals surface area contributed by atoms with Gasteiger partial charge in [-0.15, -0.1) is 0 Å². The minimum atomic E-state index is -0.0672. The van der Waals surface area contributed by atoms with Gasteiger partial charge < -0.3 is 10.5 Å². The summed E-state index contributed by atoms with van der Waals surface area (Å²) in [7, 11) is 0. The number of nitrogens with two attached hydrogens (primary N) is 1. The van der Waals surface area contributed by atoms with Crippen LogP contribution in [0.3, 0.4) is 0 Å². The van der Waals surface area contributed by atoms with E-state index < -0.39 is 0 Å². The fourth-order valence-corrected chi connectivity index (χ4v) is 2.53. The van der Waals surface area contributed by atoms with Gasteiger partial charge in [0.15, 0.2) is 0 Å². The molecule has 1 aromatic heterocycles. The molecule has 1 saturated heterocycles. The molecule has 1 aliphatic rings. The summed E-state index contributed by atoms with van der Waals surface area (Å²) in [6, 6.07) is 10.2. The third-order valence-corrected chi connectivity index (χ3v) is 3.61. The van der Waals surface area contributed by atoms with Crippen molar-refractivity contribution in [3.05, 3.63) is 42.1 Å². The van der Waals surface area contributed by atoms with Crippen molar-refractivity contribution in [3.63, 3.8) is 0 Å². The molecule has 18 heavy (non-hydrogen) atoms. The monoisotopic (exact) mass is 242 g/mol. The van der Waals surface area contributed by atoms with E-state index in [4.69, 9.17) is 10.5 Å². The van der Waals surface area contributed by atoms with Gasteiger partial charge in [-0.05, 0) is 37.0 Å². The van der Waals surface area contributed by atoms with E-state index in [1.54, 1.807) is 0 Å². The molecule has 0 radical (unpaired) electrons. The molecule has 2 aromatic rings. The molecule has 2 heterocycles. The number of aromatic nitrogens is 1. The highest BCUT2D eigenvalue weighted by atomic mass is 16.5. The lowest BCUT2D eigenvalue weighted by atomic mass is 9.97. The van der Waals surface area contributed by atoms with Crippen LogP contribution in [0.25, 0.3) is 10.9 Å². The van der Waals surface area contributed by atoms with Crippen molar-refractivity contribution in [1.29, 1.82) is 0 Å². The molecule has 0 spiro atoms. The average Bonchev–Trinajstić information content (AvgIpc) is 2.47. The van der Waals surface area contributed by atoms with Gasteiger partial charge in [-0.2, -0.15) is 0 Å². The third kappa shape index (κ3) is 2.24. The van der Waals surface area contributed by atoms with Gasteiger partial charge in [0.05, 0.1) is 17.7 Å². The molecule has 0 bridgehead atoms. The van der Waals surface area contributed by atoms with Gasteiger partial charge in [-0.25, -0.2) is 0 Å². The minimum Gasteiger partial charge on any atom is -0.376 e. The Bertz CT molecular complexity index is 535. The van der Waals surface area contributed by atoms with Crippen LogP contribution in [0, 0.1) is 0 Å². The lowest BCUT2D eigenvalue weighted by Gasteiger charge is -2.28. The molecule has 1 aromatic carbocycles. The molecular formula is C15H18N2O. The molecule has 0 aliphatic carbocycles. The van der Waals surface area contributed by atoms with Gasteiger partial charge in [-0.1, -0.05) is 18.2 Å². The van der Waals surface area contributed by atoms with Gasteiger partial charge in [0.2, 0.25) is 0 Å². The Hall–Kier alpha value is -1.45. The first-order valence-corrected chi connectivity index (χ1v) is 6.56. The molecule has 1 aliphatic heterocycles. The normalized spacial score (nSPS) is 21.9. The zero-order chi connectivity index (χ0) is 12.4. The second-order valence-corrected chi connectivity index (χ2v) is 4.89. The summed E-state index contributed by atoms with van der Waals surface area (Å²) < 4.78 is 5.75. The van der Waals surface area contributed by atoms with E-state index in [0.717, 1.165) is 35.9 Å². The smallest absolute Gasteiger partial charge is 0.0768 e. The lowest BCUT2D eigenvalue weighted by Crippen LogP contribution is -2.31. The predicted molar refractivity (Wildman–Crippen MR) is 72.3 cm³/mol. The van der Waals surface area contributed by atoms with Crippen LogP contribution in [0.5, 0.6) is 0 Å². The number of nitrogens with zero attached hydrogens (tertiary/aromatic N) is 1. The highest BCUT2D eigenvalue weighted by Gasteiger charge is 2.22. The Labute approximate surface area is 107 Å². The van der Waals surface area contributed by atoms with E-state index in [1.165, 1.54) is 6.42 Å². The molecular weight excluding hydrogens is 224 g/mol. The summed E-state index contributed by atoms with van der Waals surface area (Å²) in [5.41, 5.74) is 8.38. The van der Waals surface area contributed by atoms with Crippen molar-refractivity contribution in [2.45, 2.75) is 31.4 Å². The fraction of sp³-hybridized carbons (Fsp3) is 0.400. The number of para-hydroxylation sites is 1. The number of ether oxygens (including phenoxy) is 1.